The van der Waals surface area contributed by atoms with E-state index in [9.17, 15) is 10.1 Å². The number of nitriles is 1. The van der Waals surface area contributed by atoms with E-state index in [2.05, 4.69) is 48.9 Å². The molecule has 3 aromatic rings. The zero-order valence-electron chi connectivity index (χ0n) is 21.1. The fourth-order valence-corrected chi connectivity index (χ4v) is 6.51. The lowest BCUT2D eigenvalue weighted by atomic mass is 9.72. The van der Waals surface area contributed by atoms with Crippen LogP contribution in [0.25, 0.3) is 11.4 Å². The number of carbonyl (C=O) groups is 1. The summed E-state index contributed by atoms with van der Waals surface area (Å²) >= 11 is 2.87. The Morgan fingerprint density at radius 1 is 1.36 bits per heavy atom. The van der Waals surface area contributed by atoms with E-state index in [1.165, 1.54) is 16.6 Å². The molecule has 2 heterocycles. The van der Waals surface area contributed by atoms with E-state index in [0.717, 1.165) is 36.1 Å². The molecule has 188 valence electrons. The van der Waals surface area contributed by atoms with Crippen LogP contribution in [0.3, 0.4) is 0 Å². The van der Waals surface area contributed by atoms with Crippen LogP contribution < -0.4 is 10.1 Å². The number of carbonyl (C=O) groups excluding carboxylic acids is 1. The van der Waals surface area contributed by atoms with E-state index in [1.54, 1.807) is 24.5 Å². The third-order valence-corrected chi connectivity index (χ3v) is 8.70. The molecule has 0 aliphatic heterocycles. The van der Waals surface area contributed by atoms with Crippen molar-refractivity contribution in [2.75, 3.05) is 18.2 Å². The van der Waals surface area contributed by atoms with Gasteiger partial charge in [0.25, 0.3) is 0 Å². The fourth-order valence-electron chi connectivity index (χ4n) is 4.47. The molecule has 1 aromatic carbocycles. The van der Waals surface area contributed by atoms with Gasteiger partial charge in [0.1, 0.15) is 16.8 Å². The third-order valence-electron chi connectivity index (χ3n) is 6.56. The quantitative estimate of drug-likeness (QED) is 0.291. The van der Waals surface area contributed by atoms with Gasteiger partial charge in [-0.25, -0.2) is 0 Å². The van der Waals surface area contributed by atoms with Gasteiger partial charge < -0.3 is 10.1 Å². The molecule has 1 aliphatic rings. The molecule has 0 saturated carbocycles. The summed E-state index contributed by atoms with van der Waals surface area (Å²) in [6.45, 7) is 11.2. The number of nitrogens with zero attached hydrogens (tertiary/aromatic N) is 4. The second kappa shape index (κ2) is 10.9. The second-order valence-corrected chi connectivity index (χ2v) is 11.9. The lowest BCUT2D eigenvalue weighted by Gasteiger charge is -2.33. The number of hydrogen-bond acceptors (Lipinski definition) is 7. The Morgan fingerprint density at radius 3 is 2.75 bits per heavy atom. The first-order chi connectivity index (χ1) is 17.2. The third kappa shape index (κ3) is 5.50. The molecule has 0 radical (unpaired) electrons. The zero-order chi connectivity index (χ0) is 25.9. The molecular formula is C27H31N5O2S2. The minimum atomic E-state index is -0.165. The summed E-state index contributed by atoms with van der Waals surface area (Å²) < 4.78 is 7.17. The number of hydrogen-bond donors (Lipinski definition) is 1. The summed E-state index contributed by atoms with van der Waals surface area (Å²) in [4.78, 5) is 14.1. The maximum atomic E-state index is 12.9. The molecule has 4 rings (SSSR count). The van der Waals surface area contributed by atoms with Crippen LogP contribution in [-0.2, 0) is 24.2 Å². The molecule has 1 atom stereocenters. The van der Waals surface area contributed by atoms with Crippen LogP contribution >= 0.6 is 23.1 Å². The van der Waals surface area contributed by atoms with Gasteiger partial charge in [-0.1, -0.05) is 38.6 Å². The van der Waals surface area contributed by atoms with E-state index < -0.39 is 0 Å². The average Bonchev–Trinajstić information content (AvgIpc) is 3.42. The highest BCUT2D eigenvalue weighted by molar-refractivity contribution is 7.99. The first-order valence-electron chi connectivity index (χ1n) is 11.9. The van der Waals surface area contributed by atoms with E-state index in [-0.39, 0.29) is 17.1 Å². The molecule has 36 heavy (non-hydrogen) atoms. The summed E-state index contributed by atoms with van der Waals surface area (Å²) in [5.41, 5.74) is 2.86. The number of anilines is 1. The van der Waals surface area contributed by atoms with Crippen LogP contribution in [0, 0.1) is 22.7 Å². The second-order valence-electron chi connectivity index (χ2n) is 9.90. The molecule has 0 spiro atoms. The number of ether oxygens (including phenoxy) is 1. The van der Waals surface area contributed by atoms with Gasteiger partial charge in [-0.05, 0) is 60.4 Å². The predicted octanol–water partition coefficient (Wildman–Crippen LogP) is 5.95. The van der Waals surface area contributed by atoms with Crippen LogP contribution in [0.5, 0.6) is 5.75 Å². The summed E-state index contributed by atoms with van der Waals surface area (Å²) in [5.74, 6) is 2.04. The lowest BCUT2D eigenvalue weighted by Crippen LogP contribution is -2.26. The predicted molar refractivity (Wildman–Crippen MR) is 146 cm³/mol. The maximum absolute atomic E-state index is 12.9. The highest BCUT2D eigenvalue weighted by Gasteiger charge is 2.32. The molecule has 1 N–H and O–H groups in total. The molecule has 1 amide bonds. The Balaban J connectivity index is 1.46. The van der Waals surface area contributed by atoms with Gasteiger partial charge in [0, 0.05) is 17.0 Å². The first kappa shape index (κ1) is 26.0. The van der Waals surface area contributed by atoms with E-state index in [1.807, 2.05) is 28.8 Å². The van der Waals surface area contributed by atoms with Crippen molar-refractivity contribution in [2.45, 2.75) is 51.7 Å². The number of aromatic nitrogens is 3. The Labute approximate surface area is 220 Å². The van der Waals surface area contributed by atoms with Crippen molar-refractivity contribution in [1.82, 2.24) is 14.8 Å². The maximum Gasteiger partial charge on any atom is 0.235 e. The first-order valence-corrected chi connectivity index (χ1v) is 13.7. The summed E-state index contributed by atoms with van der Waals surface area (Å²) in [6.07, 6.45) is 4.70. The molecule has 1 aliphatic carbocycles. The Bertz CT molecular complexity index is 1300. The van der Waals surface area contributed by atoms with Gasteiger partial charge in [-0.15, -0.1) is 28.1 Å². The number of thioether (sulfide) groups is 1. The fraction of sp³-hybridized carbons (Fsp3) is 0.407. The highest BCUT2D eigenvalue weighted by atomic mass is 32.2. The van der Waals surface area contributed by atoms with Crippen molar-refractivity contribution >= 4 is 34.0 Å². The van der Waals surface area contributed by atoms with Crippen molar-refractivity contribution in [2.24, 2.45) is 11.3 Å². The van der Waals surface area contributed by atoms with Crippen molar-refractivity contribution < 1.29 is 9.53 Å². The molecule has 0 bridgehead atoms. The molecule has 2 aromatic heterocycles. The summed E-state index contributed by atoms with van der Waals surface area (Å²) in [6, 6.07) is 9.94. The normalized spacial score (nSPS) is 15.1. The van der Waals surface area contributed by atoms with Crippen molar-refractivity contribution in [1.29, 1.82) is 5.26 Å². The van der Waals surface area contributed by atoms with E-state index in [0.29, 0.717) is 34.0 Å². The molecule has 9 heteroatoms. The Morgan fingerprint density at radius 2 is 2.11 bits per heavy atom. The van der Waals surface area contributed by atoms with Crippen LogP contribution in [0.2, 0.25) is 0 Å². The van der Waals surface area contributed by atoms with Crippen molar-refractivity contribution in [3.05, 3.63) is 52.9 Å². The molecule has 7 nitrogen and oxygen atoms in total. The number of allylic oxidation sites excluding steroid dienone is 1. The molecule has 0 unspecified atom stereocenters. The van der Waals surface area contributed by atoms with E-state index in [4.69, 9.17) is 4.74 Å². The van der Waals surface area contributed by atoms with Crippen LogP contribution in [0.1, 0.15) is 43.2 Å². The average molecular weight is 522 g/mol. The van der Waals surface area contributed by atoms with Gasteiger partial charge in [-0.3, -0.25) is 9.36 Å². The Hall–Kier alpha value is -3.09. The van der Waals surface area contributed by atoms with Crippen molar-refractivity contribution in [3.63, 3.8) is 0 Å². The zero-order valence-corrected chi connectivity index (χ0v) is 22.8. The van der Waals surface area contributed by atoms with Gasteiger partial charge >= 0.3 is 0 Å². The van der Waals surface area contributed by atoms with Crippen LogP contribution in [0.4, 0.5) is 5.00 Å². The lowest BCUT2D eigenvalue weighted by molar-refractivity contribution is -0.113. The van der Waals surface area contributed by atoms with Gasteiger partial charge in [-0.2, -0.15) is 5.26 Å². The monoisotopic (exact) mass is 521 g/mol. The number of thiophene rings is 1. The minimum absolute atomic E-state index is 0.163. The van der Waals surface area contributed by atoms with Gasteiger partial charge in [0.15, 0.2) is 11.0 Å². The van der Waals surface area contributed by atoms with Crippen LogP contribution in [0.15, 0.2) is 42.1 Å². The standard InChI is InChI=1S/C27H31N5O2S2/c1-6-13-32-24(17-7-10-19(34-5)11-8-17)30-31-26(32)35-16-23(33)29-25-21(15-28)20-12-9-18(27(2,3)4)14-22(20)36-25/h6-8,10-11,18H,1,9,12-14,16H2,2-5H3,(H,29,33)/t18-/m0/s1. The topological polar surface area (TPSA) is 92.8 Å². The number of rotatable bonds is 8. The molecule has 0 saturated heterocycles. The van der Waals surface area contributed by atoms with Crippen LogP contribution in [-0.4, -0.2) is 33.5 Å². The number of benzene rings is 1. The smallest absolute Gasteiger partial charge is 0.235 e. The van der Waals surface area contributed by atoms with Gasteiger partial charge in [0.05, 0.1) is 18.4 Å². The summed E-state index contributed by atoms with van der Waals surface area (Å²) in [5, 5.41) is 22.8. The number of fused-ring (bicyclic) bond motifs is 1. The number of amides is 1. The molecule has 0 fully saturated rings. The SMILES string of the molecule is C=CCn1c(SCC(=O)Nc2sc3c(c2C#N)CC[C@H](C(C)(C)C)C3)nnc1-c1ccc(OC)cc1. The number of methoxy groups -OCH3 is 1. The van der Waals surface area contributed by atoms with Crippen molar-refractivity contribution in [3.8, 4) is 23.2 Å². The Kier molecular flexibility index (Phi) is 7.86. The number of nitrogens with one attached hydrogen (secondary N) is 1. The summed E-state index contributed by atoms with van der Waals surface area (Å²) in [7, 11) is 1.63. The van der Waals surface area contributed by atoms with E-state index >= 15 is 0 Å². The van der Waals surface area contributed by atoms with Gasteiger partial charge in [0.2, 0.25) is 5.91 Å². The largest absolute Gasteiger partial charge is 0.497 e. The highest BCUT2D eigenvalue weighted by Crippen LogP contribution is 2.44. The minimum Gasteiger partial charge on any atom is -0.497 e. The molecular weight excluding hydrogens is 490 g/mol.